The molecule has 30 heavy (non-hydrogen) atoms. The molecule has 2 heterocycles. The first-order chi connectivity index (χ1) is 14.4. The van der Waals surface area contributed by atoms with Crippen LogP contribution in [-0.4, -0.2) is 28.7 Å². The third-order valence-electron chi connectivity index (χ3n) is 5.18. The Morgan fingerprint density at radius 1 is 1.10 bits per heavy atom. The van der Waals surface area contributed by atoms with E-state index in [2.05, 4.69) is 9.97 Å². The number of aromatic nitrogens is 2. The van der Waals surface area contributed by atoms with Crippen LogP contribution in [0.1, 0.15) is 41.3 Å². The molecule has 1 amide bonds. The average Bonchev–Trinajstić information content (AvgIpc) is 2.77. The minimum Gasteiger partial charge on any atom is -0.383 e. The van der Waals surface area contributed by atoms with Crippen molar-refractivity contribution < 1.29 is 9.59 Å². The van der Waals surface area contributed by atoms with Crippen molar-refractivity contribution in [2.75, 3.05) is 17.7 Å². The van der Waals surface area contributed by atoms with Gasteiger partial charge in [0.05, 0.1) is 5.69 Å². The topological polar surface area (TPSA) is 89.2 Å². The molecule has 0 saturated heterocycles. The van der Waals surface area contributed by atoms with E-state index < -0.39 is 0 Å². The molecule has 1 aromatic carbocycles. The van der Waals surface area contributed by atoms with Gasteiger partial charge in [-0.1, -0.05) is 19.1 Å². The lowest BCUT2D eigenvalue weighted by Gasteiger charge is -2.18. The first-order valence-corrected chi connectivity index (χ1v) is 9.97. The number of hydrogen-bond donors (Lipinski definition) is 1. The summed E-state index contributed by atoms with van der Waals surface area (Å²) in [7, 11) is 1.78. The van der Waals surface area contributed by atoms with Crippen molar-refractivity contribution in [1.29, 1.82) is 0 Å². The number of pyridine rings is 2. The maximum atomic E-state index is 12.5. The molecule has 0 bridgehead atoms. The van der Waals surface area contributed by atoms with E-state index in [0.29, 0.717) is 30.6 Å². The van der Waals surface area contributed by atoms with E-state index in [1.807, 2.05) is 50.2 Å². The number of carbonyl (C=O) groups is 2. The fraction of sp³-hybridized carbons (Fsp3) is 0.250. The number of Topliss-reactive ketones (excluding diaryl/α,β-unsaturated/α-hetero) is 1. The molecule has 0 saturated carbocycles. The summed E-state index contributed by atoms with van der Waals surface area (Å²) in [6.45, 7) is 3.83. The van der Waals surface area contributed by atoms with Crippen LogP contribution in [0.25, 0.3) is 11.3 Å². The van der Waals surface area contributed by atoms with Gasteiger partial charge in [-0.2, -0.15) is 0 Å². The zero-order valence-electron chi connectivity index (χ0n) is 17.6. The molecular formula is C24H26N4O2. The van der Waals surface area contributed by atoms with Gasteiger partial charge in [-0.25, -0.2) is 4.98 Å². The van der Waals surface area contributed by atoms with E-state index in [1.165, 1.54) is 0 Å². The Morgan fingerprint density at radius 2 is 1.90 bits per heavy atom. The van der Waals surface area contributed by atoms with Crippen molar-refractivity contribution in [2.45, 2.75) is 33.1 Å². The summed E-state index contributed by atoms with van der Waals surface area (Å²) in [4.78, 5) is 34.6. The molecule has 2 aromatic heterocycles. The van der Waals surface area contributed by atoms with Crippen molar-refractivity contribution in [3.05, 3.63) is 71.5 Å². The number of nitrogens with two attached hydrogens (primary N) is 1. The molecule has 0 aliphatic heterocycles. The van der Waals surface area contributed by atoms with Crippen molar-refractivity contribution in [1.82, 2.24) is 9.97 Å². The van der Waals surface area contributed by atoms with Crippen LogP contribution >= 0.6 is 0 Å². The van der Waals surface area contributed by atoms with Crippen molar-refractivity contribution in [3.63, 3.8) is 0 Å². The van der Waals surface area contributed by atoms with Crippen molar-refractivity contribution in [2.24, 2.45) is 0 Å². The Labute approximate surface area is 176 Å². The van der Waals surface area contributed by atoms with Gasteiger partial charge in [0.25, 0.3) is 0 Å². The minimum atomic E-state index is 0.0177. The lowest BCUT2D eigenvalue weighted by Crippen LogP contribution is -2.25. The fourth-order valence-electron chi connectivity index (χ4n) is 3.30. The zero-order chi connectivity index (χ0) is 21.7. The summed E-state index contributed by atoms with van der Waals surface area (Å²) in [6, 6.07) is 13.2. The van der Waals surface area contributed by atoms with Crippen LogP contribution in [0.2, 0.25) is 0 Å². The van der Waals surface area contributed by atoms with E-state index in [1.54, 1.807) is 30.4 Å². The number of benzene rings is 1. The van der Waals surface area contributed by atoms with E-state index >= 15 is 0 Å². The molecule has 0 aliphatic carbocycles. The van der Waals surface area contributed by atoms with Gasteiger partial charge < -0.3 is 10.6 Å². The highest BCUT2D eigenvalue weighted by Crippen LogP contribution is 2.26. The van der Waals surface area contributed by atoms with Gasteiger partial charge in [0.1, 0.15) is 5.82 Å². The van der Waals surface area contributed by atoms with Gasteiger partial charge in [0.15, 0.2) is 5.78 Å². The second-order valence-electron chi connectivity index (χ2n) is 7.21. The first kappa shape index (κ1) is 21.2. The number of carbonyl (C=O) groups excluding carboxylic acids is 2. The summed E-state index contributed by atoms with van der Waals surface area (Å²) in [5, 5.41) is 0. The number of ketones is 1. The second-order valence-corrected chi connectivity index (χ2v) is 7.21. The van der Waals surface area contributed by atoms with Crippen LogP contribution in [0.3, 0.4) is 0 Å². The molecule has 3 rings (SSSR count). The molecule has 2 N–H and O–H groups in total. The van der Waals surface area contributed by atoms with Crippen LogP contribution in [0, 0.1) is 6.92 Å². The summed E-state index contributed by atoms with van der Waals surface area (Å²) in [5.74, 6) is 0.546. The van der Waals surface area contributed by atoms with Crippen LogP contribution < -0.4 is 10.6 Å². The SMILES string of the molecule is CCC(=O)N(C)c1ccc(-c2ccc(C(=O)CCc3cccnc3N)cn2)c(C)c1. The van der Waals surface area contributed by atoms with Crippen molar-refractivity contribution in [3.8, 4) is 11.3 Å². The molecule has 0 spiro atoms. The molecule has 6 heteroatoms. The summed E-state index contributed by atoms with van der Waals surface area (Å²) < 4.78 is 0. The number of anilines is 2. The highest BCUT2D eigenvalue weighted by molar-refractivity contribution is 5.96. The van der Waals surface area contributed by atoms with Crippen LogP contribution in [-0.2, 0) is 11.2 Å². The number of aryl methyl sites for hydroxylation is 2. The number of nitrogens with zero attached hydrogens (tertiary/aromatic N) is 3. The molecule has 154 valence electrons. The predicted molar refractivity (Wildman–Crippen MR) is 119 cm³/mol. The molecule has 0 aliphatic rings. The van der Waals surface area contributed by atoms with Crippen LogP contribution in [0.5, 0.6) is 0 Å². The molecule has 0 unspecified atom stereocenters. The van der Waals surface area contributed by atoms with Gasteiger partial charge in [0.2, 0.25) is 5.91 Å². The Bertz CT molecular complexity index is 1060. The number of nitrogen functional groups attached to an aromatic ring is 1. The third kappa shape index (κ3) is 4.71. The van der Waals surface area contributed by atoms with Crippen molar-refractivity contribution >= 4 is 23.2 Å². The van der Waals surface area contributed by atoms with Gasteiger partial charge in [-0.3, -0.25) is 14.6 Å². The summed E-state index contributed by atoms with van der Waals surface area (Å²) in [5.41, 5.74) is 10.9. The van der Waals surface area contributed by atoms with E-state index in [9.17, 15) is 9.59 Å². The Morgan fingerprint density at radius 3 is 2.53 bits per heavy atom. The molecule has 0 radical (unpaired) electrons. The third-order valence-corrected chi connectivity index (χ3v) is 5.18. The smallest absolute Gasteiger partial charge is 0.226 e. The number of amides is 1. The highest BCUT2D eigenvalue weighted by Gasteiger charge is 2.13. The zero-order valence-corrected chi connectivity index (χ0v) is 17.6. The Balaban J connectivity index is 1.71. The normalized spacial score (nSPS) is 10.6. The minimum absolute atomic E-state index is 0.0177. The largest absolute Gasteiger partial charge is 0.383 e. The quantitative estimate of drug-likeness (QED) is 0.598. The van der Waals surface area contributed by atoms with Crippen LogP contribution in [0.4, 0.5) is 11.5 Å². The Hall–Kier alpha value is -3.54. The second kappa shape index (κ2) is 9.31. The maximum Gasteiger partial charge on any atom is 0.226 e. The monoisotopic (exact) mass is 402 g/mol. The van der Waals surface area contributed by atoms with Gasteiger partial charge >= 0.3 is 0 Å². The fourth-order valence-corrected chi connectivity index (χ4v) is 3.30. The molecule has 0 fully saturated rings. The van der Waals surface area contributed by atoms with Gasteiger partial charge in [0, 0.05) is 49.1 Å². The Kier molecular flexibility index (Phi) is 6.57. The molecule has 6 nitrogen and oxygen atoms in total. The van der Waals surface area contributed by atoms with Gasteiger partial charge in [-0.15, -0.1) is 0 Å². The standard InChI is InChI=1S/C24H26N4O2/c1-4-23(30)28(3)19-9-10-20(16(2)14-19)21-11-7-18(15-27-21)22(29)12-8-17-6-5-13-26-24(17)25/h5-7,9-11,13-15H,4,8,12H2,1-3H3,(H2,25,26). The lowest BCUT2D eigenvalue weighted by atomic mass is 10.0. The maximum absolute atomic E-state index is 12.5. The molecule has 0 atom stereocenters. The molecule has 3 aromatic rings. The number of hydrogen-bond acceptors (Lipinski definition) is 5. The van der Waals surface area contributed by atoms with Crippen LogP contribution in [0.15, 0.2) is 54.9 Å². The highest BCUT2D eigenvalue weighted by atomic mass is 16.2. The average molecular weight is 402 g/mol. The van der Waals surface area contributed by atoms with E-state index in [0.717, 1.165) is 28.1 Å². The van der Waals surface area contributed by atoms with E-state index in [-0.39, 0.29) is 11.7 Å². The summed E-state index contributed by atoms with van der Waals surface area (Å²) in [6.07, 6.45) is 4.61. The lowest BCUT2D eigenvalue weighted by molar-refractivity contribution is -0.118. The number of rotatable bonds is 7. The molecular weight excluding hydrogens is 376 g/mol. The van der Waals surface area contributed by atoms with E-state index in [4.69, 9.17) is 5.73 Å². The summed E-state index contributed by atoms with van der Waals surface area (Å²) >= 11 is 0. The van der Waals surface area contributed by atoms with Gasteiger partial charge in [-0.05, 0) is 54.8 Å². The predicted octanol–water partition coefficient (Wildman–Crippen LogP) is 4.22. The first-order valence-electron chi connectivity index (χ1n) is 9.97.